The molecule has 0 aromatic heterocycles. The van der Waals surface area contributed by atoms with Gasteiger partial charge in [-0.25, -0.2) is 4.39 Å². The van der Waals surface area contributed by atoms with E-state index in [0.717, 1.165) is 24.0 Å². The van der Waals surface area contributed by atoms with Gasteiger partial charge in [-0.05, 0) is 114 Å². The fourth-order valence-electron chi connectivity index (χ4n) is 3.56. The molecule has 0 fully saturated rings. The second-order valence-electron chi connectivity index (χ2n) is 10.2. The van der Waals surface area contributed by atoms with Crippen LogP contribution in [0.2, 0.25) is 5.02 Å². The summed E-state index contributed by atoms with van der Waals surface area (Å²) in [6.45, 7) is -0.167. The van der Waals surface area contributed by atoms with E-state index in [1.807, 2.05) is 91.0 Å². The van der Waals surface area contributed by atoms with Crippen molar-refractivity contribution in [1.29, 1.82) is 26.3 Å². The fraction of sp³-hybridized carbons (Fsp3) is 0.146. The molecule has 0 spiro atoms. The monoisotopic (exact) mass is 1070 g/mol. The maximum atomic E-state index is 12.9. The third-order valence-electron chi connectivity index (χ3n) is 6.00. The van der Waals surface area contributed by atoms with Crippen molar-refractivity contribution in [2.45, 2.75) is 6.18 Å². The topological polar surface area (TPSA) is 165 Å². The number of hydrogen-bond donors (Lipinski definition) is 0. The third kappa shape index (κ3) is 23.9. The lowest BCUT2D eigenvalue weighted by molar-refractivity contribution is -0.137. The molecule has 5 rings (SSSR count). The lowest BCUT2D eigenvalue weighted by Crippen LogP contribution is -2.06. The number of halogens is 8. The van der Waals surface area contributed by atoms with Gasteiger partial charge in [0.05, 0.1) is 10.6 Å². The number of ether oxygens (including phenoxy) is 5. The van der Waals surface area contributed by atoms with Gasteiger partial charge in [-0.2, -0.15) is 39.5 Å². The normalized spacial score (nSPS) is 9.27. The number of nitriles is 5. The summed E-state index contributed by atoms with van der Waals surface area (Å²) in [5.74, 6) is 1.22. The number of para-hydroxylation sites is 1. The van der Waals surface area contributed by atoms with Crippen molar-refractivity contribution in [3.05, 3.63) is 144 Å². The maximum absolute atomic E-state index is 12.9. The predicted octanol–water partition coefficient (Wildman–Crippen LogP) is 11.9. The van der Waals surface area contributed by atoms with Gasteiger partial charge < -0.3 is 23.7 Å². The molecule has 0 unspecified atom stereocenters. The highest BCUT2D eigenvalue weighted by Crippen LogP contribution is 2.32. The molecule has 0 aliphatic rings. The minimum Gasteiger partial charge on any atom is -0.479 e. The summed E-state index contributed by atoms with van der Waals surface area (Å²) in [5, 5.41) is 41.5. The number of rotatable bonds is 10. The Morgan fingerprint density at radius 3 is 1.53 bits per heavy atom. The predicted molar refractivity (Wildman–Crippen MR) is 226 cm³/mol. The lowest BCUT2D eigenvalue weighted by atomic mass is 10.2. The van der Waals surface area contributed by atoms with Crippen molar-refractivity contribution in [2.24, 2.45) is 0 Å². The Kier molecular flexibility index (Phi) is 26.4. The summed E-state index contributed by atoms with van der Waals surface area (Å²) in [4.78, 5) is 0. The van der Waals surface area contributed by atoms with Gasteiger partial charge in [0, 0.05) is 12.5 Å². The quantitative estimate of drug-likeness (QED) is 0.0970. The van der Waals surface area contributed by atoms with Crippen LogP contribution in [-0.2, 0) is 6.18 Å². The molecule has 18 heteroatoms. The second kappa shape index (κ2) is 30.3. The van der Waals surface area contributed by atoms with Gasteiger partial charge >= 0.3 is 6.18 Å². The van der Waals surface area contributed by atoms with Crippen molar-refractivity contribution < 1.29 is 41.2 Å². The Hall–Kier alpha value is -5.75. The Bertz CT molecular complexity index is 2180. The Morgan fingerprint density at radius 2 is 1.02 bits per heavy atom. The van der Waals surface area contributed by atoms with Gasteiger partial charge in [0.25, 0.3) is 0 Å². The second-order valence-corrected chi connectivity index (χ2v) is 13.7. The standard InChI is InChI=1S/C9H5F4NO.2C8H6BrNO.C8H6ClNO.C8H6INO/c10-7-2-1-6(9(11,12)13)5-8(7)15-4-3-14;9-7-1-3-8(4-2-7)11-6-5-10;9-7-2-1-3-8(6-7)11-5-4-10;9-7-3-1-2-4-8(7)11-6-5-10;9-7-2-1-3-8(6-7)11-5-4-10/h1-2,5H,4H2;1-4H,6H2;1-3,6H,5H2;1-4H,6H2;1-3,6H,5H2. The molecule has 0 amide bonds. The maximum Gasteiger partial charge on any atom is 0.416 e. The van der Waals surface area contributed by atoms with Crippen molar-refractivity contribution in [2.75, 3.05) is 33.0 Å². The summed E-state index contributed by atoms with van der Waals surface area (Å²) in [6.07, 6.45) is -4.56. The molecule has 0 saturated heterocycles. The number of hydrogen-bond acceptors (Lipinski definition) is 10. The van der Waals surface area contributed by atoms with E-state index in [4.69, 9.17) is 56.9 Å². The highest BCUT2D eigenvalue weighted by atomic mass is 127. The van der Waals surface area contributed by atoms with Gasteiger partial charge in [0.15, 0.2) is 44.6 Å². The third-order valence-corrected chi connectivity index (χ3v) is 8.00. The molecule has 0 N–H and O–H groups in total. The minimum absolute atomic E-state index is 0.0315. The first-order chi connectivity index (χ1) is 28.3. The molecule has 0 aliphatic carbocycles. The van der Waals surface area contributed by atoms with Crippen molar-refractivity contribution in [1.82, 2.24) is 0 Å². The Morgan fingerprint density at radius 1 is 0.525 bits per heavy atom. The van der Waals surface area contributed by atoms with Gasteiger partial charge in [0.1, 0.15) is 53.3 Å². The van der Waals surface area contributed by atoms with E-state index in [1.165, 1.54) is 6.07 Å². The molecule has 0 saturated carbocycles. The van der Waals surface area contributed by atoms with Crippen LogP contribution in [0.3, 0.4) is 0 Å². The zero-order valence-corrected chi connectivity index (χ0v) is 36.4. The van der Waals surface area contributed by atoms with Crippen LogP contribution >= 0.6 is 66.1 Å². The molecule has 10 nitrogen and oxygen atoms in total. The smallest absolute Gasteiger partial charge is 0.416 e. The van der Waals surface area contributed by atoms with Gasteiger partial charge in [-0.1, -0.05) is 67.7 Å². The average molecular weight is 1070 g/mol. The lowest BCUT2D eigenvalue weighted by Gasteiger charge is -2.09. The molecule has 0 atom stereocenters. The summed E-state index contributed by atoms with van der Waals surface area (Å²) in [6, 6.07) is 40.2. The molecule has 304 valence electrons. The van der Waals surface area contributed by atoms with Crippen molar-refractivity contribution in [3.63, 3.8) is 0 Å². The van der Waals surface area contributed by atoms with Crippen molar-refractivity contribution in [3.8, 4) is 59.1 Å². The van der Waals surface area contributed by atoms with E-state index in [2.05, 4.69) is 59.2 Å². The minimum atomic E-state index is -4.56. The van der Waals surface area contributed by atoms with E-state index < -0.39 is 29.9 Å². The van der Waals surface area contributed by atoms with E-state index in [0.29, 0.717) is 34.7 Å². The first-order valence-corrected chi connectivity index (χ1v) is 19.2. The number of benzene rings is 5. The summed E-state index contributed by atoms with van der Waals surface area (Å²) < 4.78 is 77.1. The van der Waals surface area contributed by atoms with Crippen LogP contribution in [0.5, 0.6) is 28.7 Å². The Balaban J connectivity index is 0.000000371. The van der Waals surface area contributed by atoms with Gasteiger partial charge in [0.2, 0.25) is 0 Å². The van der Waals surface area contributed by atoms with Crippen LogP contribution in [-0.4, -0.2) is 33.0 Å². The SMILES string of the molecule is N#CCOc1cc(C(F)(F)F)ccc1F.N#CCOc1ccc(Br)cc1.N#CCOc1cccc(Br)c1.N#CCOc1cccc(I)c1.N#CCOc1ccccc1Cl. The van der Waals surface area contributed by atoms with Crippen LogP contribution in [0.15, 0.2) is 124 Å². The van der Waals surface area contributed by atoms with Gasteiger partial charge in [-0.3, -0.25) is 0 Å². The van der Waals surface area contributed by atoms with Crippen LogP contribution < -0.4 is 23.7 Å². The highest BCUT2D eigenvalue weighted by Gasteiger charge is 2.31. The van der Waals surface area contributed by atoms with E-state index in [1.54, 1.807) is 30.3 Å². The fourth-order valence-corrected chi connectivity index (χ4v) is 4.91. The number of nitrogens with zero attached hydrogens (tertiary/aromatic N) is 5. The zero-order chi connectivity index (χ0) is 43.9. The highest BCUT2D eigenvalue weighted by molar-refractivity contribution is 14.1. The average Bonchev–Trinajstić information content (AvgIpc) is 3.22. The molecule has 0 bridgehead atoms. The first-order valence-electron chi connectivity index (χ1n) is 16.1. The molecule has 0 heterocycles. The first kappa shape index (κ1) is 51.3. The molecule has 5 aromatic carbocycles. The van der Waals surface area contributed by atoms with Crippen LogP contribution in [0.4, 0.5) is 17.6 Å². The Labute approximate surface area is 373 Å². The summed E-state index contributed by atoms with van der Waals surface area (Å²) in [5.41, 5.74) is -1.02. The van der Waals surface area contributed by atoms with Crippen LogP contribution in [0, 0.1) is 66.0 Å². The zero-order valence-electron chi connectivity index (χ0n) is 30.3. The van der Waals surface area contributed by atoms with E-state index in [9.17, 15) is 17.6 Å². The van der Waals surface area contributed by atoms with E-state index >= 15 is 0 Å². The summed E-state index contributed by atoms with van der Waals surface area (Å²) in [7, 11) is 0. The molecule has 59 heavy (non-hydrogen) atoms. The molecular weight excluding hydrogens is 1040 g/mol. The largest absolute Gasteiger partial charge is 0.479 e. The molecule has 0 radical (unpaired) electrons. The summed E-state index contributed by atoms with van der Waals surface area (Å²) >= 11 is 14.5. The van der Waals surface area contributed by atoms with E-state index in [-0.39, 0.29) is 26.4 Å². The molecule has 0 aliphatic heterocycles. The molecular formula is C41H29Br2ClF4IN5O5. The molecule has 5 aromatic rings. The van der Waals surface area contributed by atoms with Gasteiger partial charge in [-0.15, -0.1) is 0 Å². The number of alkyl halides is 3. The van der Waals surface area contributed by atoms with Crippen LogP contribution in [0.25, 0.3) is 0 Å². The van der Waals surface area contributed by atoms with Crippen LogP contribution in [0.1, 0.15) is 5.56 Å². The van der Waals surface area contributed by atoms with Crippen molar-refractivity contribution >= 4 is 66.1 Å².